The molecule has 0 aliphatic rings. The summed E-state index contributed by atoms with van der Waals surface area (Å²) in [5, 5.41) is 9.71. The van der Waals surface area contributed by atoms with Crippen LogP contribution in [0.25, 0.3) is 0 Å². The van der Waals surface area contributed by atoms with Crippen LogP contribution < -0.4 is 0 Å². The van der Waals surface area contributed by atoms with Crippen LogP contribution in [0.3, 0.4) is 0 Å². The SMILES string of the molecule is CCCCCCCCCCCCCCCCC(C(=O)O)C(C)CCCCCCCCCCCC. The third kappa shape index (κ3) is 23.2. The minimum absolute atomic E-state index is 0.129. The first-order chi connectivity index (χ1) is 16.6. The van der Waals surface area contributed by atoms with Crippen LogP contribution >= 0.6 is 0 Å². The molecule has 2 unspecified atom stereocenters. The highest BCUT2D eigenvalue weighted by Crippen LogP contribution is 2.25. The number of unbranched alkanes of at least 4 members (excludes halogenated alkanes) is 22. The summed E-state index contributed by atoms with van der Waals surface area (Å²) in [4.78, 5) is 11.8. The van der Waals surface area contributed by atoms with E-state index < -0.39 is 5.97 Å². The quantitative estimate of drug-likeness (QED) is 0.113. The number of carboxylic acid groups (broad SMARTS) is 1. The number of rotatable bonds is 28. The molecule has 0 aromatic carbocycles. The second-order valence-corrected chi connectivity index (χ2v) is 11.3. The Morgan fingerprint density at radius 1 is 0.471 bits per heavy atom. The Hall–Kier alpha value is -0.530. The Labute approximate surface area is 215 Å². The van der Waals surface area contributed by atoms with Crippen LogP contribution in [-0.2, 0) is 4.79 Å². The summed E-state index contributed by atoms with van der Waals surface area (Å²) in [6.45, 7) is 6.73. The molecule has 0 saturated heterocycles. The van der Waals surface area contributed by atoms with Crippen molar-refractivity contribution in [3.05, 3.63) is 0 Å². The van der Waals surface area contributed by atoms with Crippen LogP contribution in [0.2, 0.25) is 0 Å². The largest absolute Gasteiger partial charge is 0.481 e. The topological polar surface area (TPSA) is 37.3 Å². The van der Waals surface area contributed by atoms with Crippen molar-refractivity contribution < 1.29 is 9.90 Å². The molecule has 0 rings (SSSR count). The first-order valence-corrected chi connectivity index (χ1v) is 15.9. The maximum Gasteiger partial charge on any atom is 0.306 e. The van der Waals surface area contributed by atoms with Crippen molar-refractivity contribution in [2.75, 3.05) is 0 Å². The zero-order chi connectivity index (χ0) is 25.1. The summed E-state index contributed by atoms with van der Waals surface area (Å²) in [5.41, 5.74) is 0. The van der Waals surface area contributed by atoms with Crippen LogP contribution in [0.15, 0.2) is 0 Å². The van der Waals surface area contributed by atoms with E-state index in [1.807, 2.05) is 0 Å². The van der Waals surface area contributed by atoms with Crippen molar-refractivity contribution in [2.24, 2.45) is 11.8 Å². The molecule has 0 radical (unpaired) electrons. The molecule has 0 bridgehead atoms. The van der Waals surface area contributed by atoms with Gasteiger partial charge in [0.15, 0.2) is 0 Å². The van der Waals surface area contributed by atoms with E-state index in [0.717, 1.165) is 19.3 Å². The van der Waals surface area contributed by atoms with Crippen LogP contribution in [0.1, 0.15) is 188 Å². The molecular weight excluding hydrogens is 416 g/mol. The van der Waals surface area contributed by atoms with Gasteiger partial charge in [0.1, 0.15) is 0 Å². The highest BCUT2D eigenvalue weighted by Gasteiger charge is 2.23. The molecule has 0 aromatic heterocycles. The molecule has 0 aliphatic carbocycles. The van der Waals surface area contributed by atoms with Crippen molar-refractivity contribution in [3.8, 4) is 0 Å². The number of hydrogen-bond acceptors (Lipinski definition) is 1. The van der Waals surface area contributed by atoms with Gasteiger partial charge in [-0.25, -0.2) is 0 Å². The lowest BCUT2D eigenvalue weighted by Gasteiger charge is -2.20. The van der Waals surface area contributed by atoms with Crippen molar-refractivity contribution in [2.45, 2.75) is 188 Å². The molecule has 0 spiro atoms. The molecule has 2 heteroatoms. The van der Waals surface area contributed by atoms with Gasteiger partial charge in [0.25, 0.3) is 0 Å². The van der Waals surface area contributed by atoms with E-state index in [4.69, 9.17) is 0 Å². The minimum atomic E-state index is -0.561. The summed E-state index contributed by atoms with van der Waals surface area (Å²) in [7, 11) is 0. The first-order valence-electron chi connectivity index (χ1n) is 15.9. The zero-order valence-electron chi connectivity index (χ0n) is 23.9. The molecule has 2 atom stereocenters. The summed E-state index contributed by atoms with van der Waals surface area (Å²) in [6.07, 6.45) is 34.5. The molecule has 0 amide bonds. The summed E-state index contributed by atoms with van der Waals surface area (Å²) >= 11 is 0. The molecule has 0 aromatic rings. The Bertz CT molecular complexity index is 406. The normalized spacial score (nSPS) is 13.3. The number of hydrogen-bond donors (Lipinski definition) is 1. The number of carboxylic acids is 1. The van der Waals surface area contributed by atoms with Crippen LogP contribution in [-0.4, -0.2) is 11.1 Å². The van der Waals surface area contributed by atoms with Gasteiger partial charge in [0.05, 0.1) is 5.92 Å². The Morgan fingerprint density at radius 2 is 0.735 bits per heavy atom. The van der Waals surface area contributed by atoms with Gasteiger partial charge in [-0.1, -0.05) is 175 Å². The second-order valence-electron chi connectivity index (χ2n) is 11.3. The lowest BCUT2D eigenvalue weighted by Crippen LogP contribution is -2.21. The predicted octanol–water partition coefficient (Wildman–Crippen LogP) is 11.5. The van der Waals surface area contributed by atoms with Gasteiger partial charge >= 0.3 is 5.97 Å². The van der Waals surface area contributed by atoms with Crippen LogP contribution in [0.4, 0.5) is 0 Å². The minimum Gasteiger partial charge on any atom is -0.481 e. The molecule has 1 N–H and O–H groups in total. The summed E-state index contributed by atoms with van der Waals surface area (Å²) < 4.78 is 0. The van der Waals surface area contributed by atoms with E-state index in [0.29, 0.717) is 5.92 Å². The molecule has 204 valence electrons. The van der Waals surface area contributed by atoms with E-state index >= 15 is 0 Å². The van der Waals surface area contributed by atoms with Gasteiger partial charge in [0, 0.05) is 0 Å². The number of aliphatic carboxylic acids is 1. The lowest BCUT2D eigenvalue weighted by atomic mass is 9.85. The molecule has 0 saturated carbocycles. The van der Waals surface area contributed by atoms with E-state index in [1.165, 1.54) is 148 Å². The first kappa shape index (κ1) is 33.5. The van der Waals surface area contributed by atoms with Crippen molar-refractivity contribution in [1.29, 1.82) is 0 Å². The van der Waals surface area contributed by atoms with Gasteiger partial charge in [-0.05, 0) is 18.8 Å². The van der Waals surface area contributed by atoms with Gasteiger partial charge in [0.2, 0.25) is 0 Å². The molecule has 0 heterocycles. The van der Waals surface area contributed by atoms with Gasteiger partial charge < -0.3 is 5.11 Å². The molecule has 34 heavy (non-hydrogen) atoms. The Kier molecular flexibility index (Phi) is 26.6. The van der Waals surface area contributed by atoms with E-state index in [9.17, 15) is 9.90 Å². The smallest absolute Gasteiger partial charge is 0.306 e. The monoisotopic (exact) mass is 480 g/mol. The highest BCUT2D eigenvalue weighted by atomic mass is 16.4. The van der Waals surface area contributed by atoms with E-state index in [1.54, 1.807) is 0 Å². The van der Waals surface area contributed by atoms with Gasteiger partial charge in [-0.2, -0.15) is 0 Å². The van der Waals surface area contributed by atoms with Crippen molar-refractivity contribution in [3.63, 3.8) is 0 Å². The maximum absolute atomic E-state index is 11.8. The zero-order valence-corrected chi connectivity index (χ0v) is 23.9. The summed E-state index contributed by atoms with van der Waals surface area (Å²) in [5.74, 6) is -0.362. The fraction of sp³-hybridized carbons (Fsp3) is 0.969. The van der Waals surface area contributed by atoms with Crippen molar-refractivity contribution >= 4 is 5.97 Å². The van der Waals surface area contributed by atoms with Crippen LogP contribution in [0, 0.1) is 11.8 Å². The second kappa shape index (κ2) is 27.1. The van der Waals surface area contributed by atoms with Gasteiger partial charge in [-0.15, -0.1) is 0 Å². The number of carbonyl (C=O) groups is 1. The predicted molar refractivity (Wildman–Crippen MR) is 152 cm³/mol. The van der Waals surface area contributed by atoms with Crippen LogP contribution in [0.5, 0.6) is 0 Å². The standard InChI is InChI=1S/C32H64O2/c1-4-6-8-10-12-14-16-17-18-19-21-23-25-27-29-31(32(33)34)30(3)28-26-24-22-20-15-13-11-9-7-5-2/h30-31H,4-29H2,1-3H3,(H,33,34). The average Bonchev–Trinajstić information content (AvgIpc) is 2.82. The van der Waals surface area contributed by atoms with Gasteiger partial charge in [-0.3, -0.25) is 4.79 Å². The Balaban J connectivity index is 3.57. The maximum atomic E-state index is 11.8. The summed E-state index contributed by atoms with van der Waals surface area (Å²) in [6, 6.07) is 0. The molecule has 0 aliphatic heterocycles. The fourth-order valence-corrected chi connectivity index (χ4v) is 5.37. The van der Waals surface area contributed by atoms with E-state index in [2.05, 4.69) is 20.8 Å². The molecule has 2 nitrogen and oxygen atoms in total. The third-order valence-corrected chi connectivity index (χ3v) is 7.89. The average molecular weight is 481 g/mol. The van der Waals surface area contributed by atoms with Crippen molar-refractivity contribution in [1.82, 2.24) is 0 Å². The molecule has 0 fully saturated rings. The highest BCUT2D eigenvalue weighted by molar-refractivity contribution is 5.70. The third-order valence-electron chi connectivity index (χ3n) is 7.89. The van der Waals surface area contributed by atoms with E-state index in [-0.39, 0.29) is 5.92 Å². The lowest BCUT2D eigenvalue weighted by molar-refractivity contribution is -0.143. The molecular formula is C32H64O2. The fourth-order valence-electron chi connectivity index (χ4n) is 5.37. The Morgan fingerprint density at radius 3 is 1.03 bits per heavy atom.